The van der Waals surface area contributed by atoms with Crippen molar-refractivity contribution in [2.24, 2.45) is 0 Å². The second-order valence-corrected chi connectivity index (χ2v) is 7.64. The van der Waals surface area contributed by atoms with Crippen LogP contribution in [0.15, 0.2) is 78.0 Å². The highest BCUT2D eigenvalue weighted by Crippen LogP contribution is 2.31. The van der Waals surface area contributed by atoms with Crippen molar-refractivity contribution in [3.05, 3.63) is 84.6 Å². The number of amides is 1. The van der Waals surface area contributed by atoms with Crippen LogP contribution in [0, 0.1) is 5.82 Å². The van der Waals surface area contributed by atoms with Crippen molar-refractivity contribution in [3.63, 3.8) is 0 Å². The van der Waals surface area contributed by atoms with Crippen LogP contribution in [0.2, 0.25) is 0 Å². The highest BCUT2D eigenvalue weighted by atomic mass is 32.2. The van der Waals surface area contributed by atoms with E-state index in [4.69, 9.17) is 9.47 Å². The van der Waals surface area contributed by atoms with Gasteiger partial charge in [-0.1, -0.05) is 18.2 Å². The molecule has 0 bridgehead atoms. The smallest absolute Gasteiger partial charge is 0.234 e. The highest BCUT2D eigenvalue weighted by molar-refractivity contribution is 8.00. The Morgan fingerprint density at radius 3 is 2.77 bits per heavy atom. The van der Waals surface area contributed by atoms with Crippen molar-refractivity contribution in [2.75, 3.05) is 18.2 Å². The molecule has 31 heavy (non-hydrogen) atoms. The molecule has 0 atom stereocenters. The zero-order valence-corrected chi connectivity index (χ0v) is 17.6. The quantitative estimate of drug-likeness (QED) is 0.402. The lowest BCUT2D eigenvalue weighted by Crippen LogP contribution is -2.14. The number of ether oxygens (including phenoxy) is 2. The molecule has 158 valence electrons. The van der Waals surface area contributed by atoms with Gasteiger partial charge in [-0.3, -0.25) is 4.79 Å². The van der Waals surface area contributed by atoms with Crippen molar-refractivity contribution in [1.82, 2.24) is 9.38 Å². The van der Waals surface area contributed by atoms with Gasteiger partial charge < -0.3 is 19.2 Å². The summed E-state index contributed by atoms with van der Waals surface area (Å²) >= 11 is 1.14. The molecule has 0 aliphatic rings. The number of benzene rings is 2. The van der Waals surface area contributed by atoms with Crippen LogP contribution in [0.4, 0.5) is 10.1 Å². The third kappa shape index (κ3) is 5.16. The van der Waals surface area contributed by atoms with E-state index in [2.05, 4.69) is 10.3 Å². The number of hydrogen-bond donors (Lipinski definition) is 1. The normalized spacial score (nSPS) is 10.8. The minimum Gasteiger partial charge on any atom is -0.493 e. The Morgan fingerprint density at radius 1 is 1.13 bits per heavy atom. The lowest BCUT2D eigenvalue weighted by atomic mass is 10.2. The molecule has 0 aliphatic carbocycles. The number of methoxy groups -OCH3 is 1. The fraction of sp³-hybridized carbons (Fsp3) is 0.130. The molecule has 8 heteroatoms. The number of carbonyl (C=O) groups excluding carboxylic acids is 1. The lowest BCUT2D eigenvalue weighted by molar-refractivity contribution is -0.113. The van der Waals surface area contributed by atoms with E-state index in [9.17, 15) is 9.18 Å². The third-order valence-electron chi connectivity index (χ3n) is 4.43. The second kappa shape index (κ2) is 9.53. The minimum absolute atomic E-state index is 0.0877. The van der Waals surface area contributed by atoms with E-state index in [-0.39, 0.29) is 24.1 Å². The molecule has 0 aliphatic heterocycles. The zero-order chi connectivity index (χ0) is 21.6. The van der Waals surface area contributed by atoms with Gasteiger partial charge in [0.05, 0.1) is 18.6 Å². The van der Waals surface area contributed by atoms with Crippen molar-refractivity contribution >= 4 is 29.0 Å². The number of thioether (sulfide) groups is 1. The molecule has 1 N–H and O–H groups in total. The Bertz CT molecular complexity index is 1180. The summed E-state index contributed by atoms with van der Waals surface area (Å²) in [4.78, 5) is 17.2. The monoisotopic (exact) mass is 437 g/mol. The molecule has 1 amide bonds. The molecule has 0 saturated heterocycles. The predicted molar refractivity (Wildman–Crippen MR) is 118 cm³/mol. The van der Waals surface area contributed by atoms with Crippen LogP contribution < -0.4 is 14.8 Å². The molecule has 0 saturated carbocycles. The zero-order valence-electron chi connectivity index (χ0n) is 16.7. The Labute approximate surface area is 183 Å². The largest absolute Gasteiger partial charge is 0.493 e. The summed E-state index contributed by atoms with van der Waals surface area (Å²) in [6, 6.07) is 17.3. The first-order valence-corrected chi connectivity index (χ1v) is 10.5. The van der Waals surface area contributed by atoms with Crippen molar-refractivity contribution in [1.29, 1.82) is 0 Å². The molecule has 4 rings (SSSR count). The molecular weight excluding hydrogens is 417 g/mol. The van der Waals surface area contributed by atoms with E-state index < -0.39 is 0 Å². The van der Waals surface area contributed by atoms with Crippen LogP contribution in [0.25, 0.3) is 5.65 Å². The summed E-state index contributed by atoms with van der Waals surface area (Å²) in [6.07, 6.45) is 3.81. The standard InChI is InChI=1S/C23H20FN3O3S/c1-29-19-10-9-16(26-23(28)15-31-21-7-3-2-6-18(21)24)12-20(19)30-14-17-13-27-11-5-4-8-22(27)25-17/h2-13H,14-15H2,1H3,(H,26,28). The Balaban J connectivity index is 1.40. The number of pyridine rings is 1. The van der Waals surface area contributed by atoms with E-state index in [0.29, 0.717) is 22.1 Å². The number of halogens is 1. The third-order valence-corrected chi connectivity index (χ3v) is 5.48. The first-order chi connectivity index (χ1) is 15.1. The molecule has 4 aromatic rings. The fourth-order valence-corrected chi connectivity index (χ4v) is 3.72. The van der Waals surface area contributed by atoms with E-state index in [1.54, 1.807) is 43.5 Å². The van der Waals surface area contributed by atoms with Gasteiger partial charge in [0, 0.05) is 29.0 Å². The van der Waals surface area contributed by atoms with Crippen LogP contribution in [-0.4, -0.2) is 28.2 Å². The van der Waals surface area contributed by atoms with E-state index >= 15 is 0 Å². The number of fused-ring (bicyclic) bond motifs is 1. The number of hydrogen-bond acceptors (Lipinski definition) is 5. The number of nitrogens with zero attached hydrogens (tertiary/aromatic N) is 2. The lowest BCUT2D eigenvalue weighted by Gasteiger charge is -2.12. The second-order valence-electron chi connectivity index (χ2n) is 6.62. The summed E-state index contributed by atoms with van der Waals surface area (Å²) in [5.41, 5.74) is 2.16. The molecule has 0 fully saturated rings. The average Bonchev–Trinajstić information content (AvgIpc) is 3.20. The summed E-state index contributed by atoms with van der Waals surface area (Å²) in [7, 11) is 1.55. The number of imidazole rings is 1. The van der Waals surface area contributed by atoms with Gasteiger partial charge in [0.1, 0.15) is 18.1 Å². The van der Waals surface area contributed by atoms with Gasteiger partial charge in [0.2, 0.25) is 5.91 Å². The average molecular weight is 437 g/mol. The van der Waals surface area contributed by atoms with Gasteiger partial charge in [-0.05, 0) is 36.4 Å². The van der Waals surface area contributed by atoms with Gasteiger partial charge >= 0.3 is 0 Å². The number of anilines is 1. The fourth-order valence-electron chi connectivity index (χ4n) is 2.98. The van der Waals surface area contributed by atoms with Crippen LogP contribution in [0.3, 0.4) is 0 Å². The maximum absolute atomic E-state index is 13.7. The highest BCUT2D eigenvalue weighted by Gasteiger charge is 2.11. The minimum atomic E-state index is -0.340. The van der Waals surface area contributed by atoms with Gasteiger partial charge in [0.15, 0.2) is 11.5 Å². The SMILES string of the molecule is COc1ccc(NC(=O)CSc2ccccc2F)cc1OCc1cn2ccccc2n1. The van der Waals surface area contributed by atoms with Crippen LogP contribution in [-0.2, 0) is 11.4 Å². The molecule has 0 unspecified atom stereocenters. The summed E-state index contributed by atoms with van der Waals surface area (Å²) in [5.74, 6) is 0.531. The van der Waals surface area contributed by atoms with E-state index in [1.165, 1.54) is 6.07 Å². The van der Waals surface area contributed by atoms with Gasteiger partial charge in [-0.2, -0.15) is 0 Å². The molecule has 0 radical (unpaired) electrons. The Hall–Kier alpha value is -3.52. The maximum Gasteiger partial charge on any atom is 0.234 e. The Morgan fingerprint density at radius 2 is 1.97 bits per heavy atom. The maximum atomic E-state index is 13.7. The topological polar surface area (TPSA) is 64.9 Å². The van der Waals surface area contributed by atoms with Crippen LogP contribution in [0.1, 0.15) is 5.69 Å². The number of carbonyl (C=O) groups is 1. The molecule has 2 heterocycles. The van der Waals surface area contributed by atoms with E-state index in [0.717, 1.165) is 23.1 Å². The van der Waals surface area contributed by atoms with Gasteiger partial charge in [-0.15, -0.1) is 11.8 Å². The summed E-state index contributed by atoms with van der Waals surface area (Å²) in [5, 5.41) is 2.81. The predicted octanol–water partition coefficient (Wildman–Crippen LogP) is 4.79. The van der Waals surface area contributed by atoms with Crippen molar-refractivity contribution in [3.8, 4) is 11.5 Å². The molecule has 6 nitrogen and oxygen atoms in total. The van der Waals surface area contributed by atoms with Gasteiger partial charge in [0.25, 0.3) is 0 Å². The first-order valence-electron chi connectivity index (χ1n) is 9.53. The molecular formula is C23H20FN3O3S. The van der Waals surface area contributed by atoms with Crippen molar-refractivity contribution < 1.29 is 18.7 Å². The first kappa shape index (κ1) is 20.7. The number of nitrogens with one attached hydrogen (secondary N) is 1. The van der Waals surface area contributed by atoms with Crippen LogP contribution >= 0.6 is 11.8 Å². The number of aromatic nitrogens is 2. The van der Waals surface area contributed by atoms with Gasteiger partial charge in [-0.25, -0.2) is 9.37 Å². The summed E-state index contributed by atoms with van der Waals surface area (Å²) in [6.45, 7) is 0.249. The Kier molecular flexibility index (Phi) is 6.37. The van der Waals surface area contributed by atoms with Crippen LogP contribution in [0.5, 0.6) is 11.5 Å². The van der Waals surface area contributed by atoms with Crippen molar-refractivity contribution in [2.45, 2.75) is 11.5 Å². The molecule has 0 spiro atoms. The number of rotatable bonds is 8. The summed E-state index contributed by atoms with van der Waals surface area (Å²) < 4.78 is 26.9. The molecule has 2 aromatic carbocycles. The van der Waals surface area contributed by atoms with E-state index in [1.807, 2.05) is 35.0 Å². The molecule has 2 aromatic heterocycles.